The van der Waals surface area contributed by atoms with Crippen LogP contribution in [0.1, 0.15) is 12.0 Å². The first kappa shape index (κ1) is 15.2. The van der Waals surface area contributed by atoms with Crippen LogP contribution in [0.5, 0.6) is 0 Å². The number of anilines is 1. The fourth-order valence-electron chi connectivity index (χ4n) is 1.97. The number of nitrogens with one attached hydrogen (secondary N) is 1. The molecule has 0 atom stereocenters. The van der Waals surface area contributed by atoms with Crippen LogP contribution >= 0.6 is 22.6 Å². The molecule has 4 nitrogen and oxygen atoms in total. The van der Waals surface area contributed by atoms with Crippen molar-refractivity contribution in [1.82, 2.24) is 14.9 Å². The maximum absolute atomic E-state index is 4.22. The zero-order valence-corrected chi connectivity index (χ0v) is 13.7. The topological polar surface area (TPSA) is 41.0 Å². The van der Waals surface area contributed by atoms with Crippen molar-refractivity contribution in [3.05, 3.63) is 52.0 Å². The summed E-state index contributed by atoms with van der Waals surface area (Å²) in [5.74, 6) is 0.923. The number of aromatic nitrogens is 2. The SMILES string of the molecule is CN(CCCNc1ncncc1I)Cc1ccccc1. The van der Waals surface area contributed by atoms with Gasteiger partial charge in [-0.05, 0) is 48.2 Å². The highest BCUT2D eigenvalue weighted by Crippen LogP contribution is 2.12. The van der Waals surface area contributed by atoms with Gasteiger partial charge in [-0.1, -0.05) is 30.3 Å². The molecule has 0 aliphatic rings. The molecule has 1 aromatic heterocycles. The molecule has 0 radical (unpaired) electrons. The molecule has 1 N–H and O–H groups in total. The summed E-state index contributed by atoms with van der Waals surface area (Å²) in [4.78, 5) is 10.5. The quantitative estimate of drug-likeness (QED) is 0.591. The van der Waals surface area contributed by atoms with Crippen molar-refractivity contribution < 1.29 is 0 Å². The summed E-state index contributed by atoms with van der Waals surface area (Å²) in [6.45, 7) is 2.97. The van der Waals surface area contributed by atoms with Crippen molar-refractivity contribution in [2.24, 2.45) is 0 Å². The van der Waals surface area contributed by atoms with E-state index in [2.05, 4.69) is 80.2 Å². The van der Waals surface area contributed by atoms with E-state index in [0.717, 1.165) is 35.4 Å². The van der Waals surface area contributed by atoms with Crippen LogP contribution in [-0.4, -0.2) is 35.0 Å². The van der Waals surface area contributed by atoms with E-state index < -0.39 is 0 Å². The predicted octanol–water partition coefficient (Wildman–Crippen LogP) is 3.02. The third kappa shape index (κ3) is 5.05. The molecule has 0 bridgehead atoms. The highest BCUT2D eigenvalue weighted by Gasteiger charge is 2.01. The van der Waals surface area contributed by atoms with E-state index in [1.807, 2.05) is 6.20 Å². The number of halogens is 1. The lowest BCUT2D eigenvalue weighted by Crippen LogP contribution is -2.21. The molecule has 0 saturated heterocycles. The summed E-state index contributed by atoms with van der Waals surface area (Å²) in [7, 11) is 2.15. The monoisotopic (exact) mass is 382 g/mol. The van der Waals surface area contributed by atoms with Crippen molar-refractivity contribution in [3.8, 4) is 0 Å². The predicted molar refractivity (Wildman–Crippen MR) is 90.6 cm³/mol. The molecule has 2 rings (SSSR count). The maximum Gasteiger partial charge on any atom is 0.142 e. The average molecular weight is 382 g/mol. The van der Waals surface area contributed by atoms with Crippen LogP contribution in [0.25, 0.3) is 0 Å². The Bertz CT molecular complexity index is 518. The van der Waals surface area contributed by atoms with Gasteiger partial charge in [-0.3, -0.25) is 0 Å². The summed E-state index contributed by atoms with van der Waals surface area (Å²) in [5.41, 5.74) is 1.35. The summed E-state index contributed by atoms with van der Waals surface area (Å²) >= 11 is 2.24. The van der Waals surface area contributed by atoms with Crippen molar-refractivity contribution in [1.29, 1.82) is 0 Å². The standard InChI is InChI=1S/C15H19IN4/c1-20(11-13-6-3-2-4-7-13)9-5-8-18-15-14(16)10-17-12-19-15/h2-4,6-7,10,12H,5,8-9,11H2,1H3,(H,17,18,19). The molecule has 2 aromatic rings. The highest BCUT2D eigenvalue weighted by molar-refractivity contribution is 14.1. The van der Waals surface area contributed by atoms with Crippen LogP contribution in [0.15, 0.2) is 42.9 Å². The van der Waals surface area contributed by atoms with Gasteiger partial charge in [0, 0.05) is 19.3 Å². The molecule has 0 fully saturated rings. The number of hydrogen-bond donors (Lipinski definition) is 1. The Morgan fingerprint density at radius 1 is 1.25 bits per heavy atom. The van der Waals surface area contributed by atoms with Gasteiger partial charge in [0.2, 0.25) is 0 Å². The van der Waals surface area contributed by atoms with Crippen LogP contribution in [0.2, 0.25) is 0 Å². The zero-order valence-electron chi connectivity index (χ0n) is 11.6. The van der Waals surface area contributed by atoms with Crippen molar-refractivity contribution in [2.75, 3.05) is 25.5 Å². The summed E-state index contributed by atoms with van der Waals surface area (Å²) in [6.07, 6.45) is 4.48. The molecular weight excluding hydrogens is 363 g/mol. The van der Waals surface area contributed by atoms with E-state index in [-0.39, 0.29) is 0 Å². The van der Waals surface area contributed by atoms with Gasteiger partial charge in [0.1, 0.15) is 12.1 Å². The molecule has 1 aromatic carbocycles. The Morgan fingerprint density at radius 2 is 2.05 bits per heavy atom. The van der Waals surface area contributed by atoms with E-state index in [9.17, 15) is 0 Å². The Morgan fingerprint density at radius 3 is 2.80 bits per heavy atom. The van der Waals surface area contributed by atoms with Crippen molar-refractivity contribution in [2.45, 2.75) is 13.0 Å². The number of hydrogen-bond acceptors (Lipinski definition) is 4. The van der Waals surface area contributed by atoms with E-state index in [1.165, 1.54) is 5.56 Å². The fraction of sp³-hybridized carbons (Fsp3) is 0.333. The molecular formula is C15H19IN4. The minimum absolute atomic E-state index is 0.923. The van der Waals surface area contributed by atoms with Gasteiger partial charge in [0.05, 0.1) is 3.57 Å². The molecule has 0 amide bonds. The highest BCUT2D eigenvalue weighted by atomic mass is 127. The van der Waals surface area contributed by atoms with Crippen LogP contribution < -0.4 is 5.32 Å². The van der Waals surface area contributed by atoms with Gasteiger partial charge in [-0.2, -0.15) is 0 Å². The third-order valence-corrected chi connectivity index (χ3v) is 3.76. The first-order valence-electron chi connectivity index (χ1n) is 6.67. The minimum Gasteiger partial charge on any atom is -0.369 e. The largest absolute Gasteiger partial charge is 0.369 e. The molecule has 1 heterocycles. The van der Waals surface area contributed by atoms with Crippen LogP contribution in [0.3, 0.4) is 0 Å². The van der Waals surface area contributed by atoms with E-state index in [0.29, 0.717) is 0 Å². The smallest absolute Gasteiger partial charge is 0.142 e. The molecule has 0 aliphatic carbocycles. The lowest BCUT2D eigenvalue weighted by molar-refractivity contribution is 0.325. The summed E-state index contributed by atoms with van der Waals surface area (Å²) in [5, 5.41) is 3.35. The van der Waals surface area contributed by atoms with Crippen LogP contribution in [0, 0.1) is 3.57 Å². The average Bonchev–Trinajstić information content (AvgIpc) is 2.46. The first-order chi connectivity index (χ1) is 9.75. The van der Waals surface area contributed by atoms with E-state index in [4.69, 9.17) is 0 Å². The van der Waals surface area contributed by atoms with Gasteiger partial charge >= 0.3 is 0 Å². The lowest BCUT2D eigenvalue weighted by atomic mass is 10.2. The Kier molecular flexibility index (Phi) is 6.20. The summed E-state index contributed by atoms with van der Waals surface area (Å²) in [6, 6.07) is 10.6. The second-order valence-corrected chi connectivity index (χ2v) is 5.89. The molecule has 106 valence electrons. The first-order valence-corrected chi connectivity index (χ1v) is 7.75. The Hall–Kier alpha value is -1.21. The second kappa shape index (κ2) is 8.16. The van der Waals surface area contributed by atoms with Gasteiger partial charge in [0.15, 0.2) is 0 Å². The van der Waals surface area contributed by atoms with Crippen molar-refractivity contribution >= 4 is 28.4 Å². The molecule has 20 heavy (non-hydrogen) atoms. The molecule has 0 aliphatic heterocycles. The van der Waals surface area contributed by atoms with Gasteiger partial charge in [-0.15, -0.1) is 0 Å². The number of benzene rings is 1. The zero-order chi connectivity index (χ0) is 14.2. The molecule has 0 unspecified atom stereocenters. The van der Waals surface area contributed by atoms with E-state index in [1.54, 1.807) is 6.33 Å². The van der Waals surface area contributed by atoms with Gasteiger partial charge in [0.25, 0.3) is 0 Å². The second-order valence-electron chi connectivity index (χ2n) is 4.72. The lowest BCUT2D eigenvalue weighted by Gasteiger charge is -2.17. The normalized spacial score (nSPS) is 10.8. The molecule has 0 saturated carbocycles. The van der Waals surface area contributed by atoms with Gasteiger partial charge < -0.3 is 10.2 Å². The van der Waals surface area contributed by atoms with E-state index >= 15 is 0 Å². The van der Waals surface area contributed by atoms with Crippen molar-refractivity contribution in [3.63, 3.8) is 0 Å². The minimum atomic E-state index is 0.923. The Labute approximate surface area is 133 Å². The molecule has 5 heteroatoms. The molecule has 0 spiro atoms. The number of rotatable bonds is 7. The Balaban J connectivity index is 1.67. The van der Waals surface area contributed by atoms with Crippen LogP contribution in [0.4, 0.5) is 5.82 Å². The maximum atomic E-state index is 4.22. The summed E-state index contributed by atoms with van der Waals surface area (Å²) < 4.78 is 1.06. The third-order valence-electron chi connectivity index (χ3n) is 2.97. The van der Waals surface area contributed by atoms with Gasteiger partial charge in [-0.25, -0.2) is 9.97 Å². The number of nitrogens with zero attached hydrogens (tertiary/aromatic N) is 3. The fourth-order valence-corrected chi connectivity index (χ4v) is 2.46. The van der Waals surface area contributed by atoms with Crippen LogP contribution in [-0.2, 0) is 6.54 Å².